The Labute approximate surface area is 99.7 Å². The molecule has 0 bridgehead atoms. The van der Waals surface area contributed by atoms with Crippen LogP contribution in [0, 0.1) is 17.5 Å². The minimum atomic E-state index is -4.34. The van der Waals surface area contributed by atoms with Crippen LogP contribution in [-0.2, 0) is 10.0 Å². The zero-order chi connectivity index (χ0) is 13.3. The number of anilines is 1. The number of aromatic amines is 1. The summed E-state index contributed by atoms with van der Waals surface area (Å²) >= 11 is 0. The lowest BCUT2D eigenvalue weighted by Gasteiger charge is -2.07. The van der Waals surface area contributed by atoms with E-state index in [-0.39, 0.29) is 5.69 Å². The largest absolute Gasteiger partial charge is 0.284 e. The number of rotatable bonds is 3. The van der Waals surface area contributed by atoms with Gasteiger partial charge >= 0.3 is 0 Å². The zero-order valence-corrected chi connectivity index (χ0v) is 9.43. The summed E-state index contributed by atoms with van der Waals surface area (Å²) in [5.74, 6) is -5.08. The molecule has 9 heteroatoms. The molecule has 0 aliphatic heterocycles. The molecule has 0 amide bonds. The molecular formula is C9H6F3N3O2S. The first-order chi connectivity index (χ1) is 8.42. The van der Waals surface area contributed by atoms with Crippen LogP contribution in [0.15, 0.2) is 29.4 Å². The summed E-state index contributed by atoms with van der Waals surface area (Å²) in [5.41, 5.74) is 0.0409. The van der Waals surface area contributed by atoms with E-state index < -0.39 is 32.4 Å². The molecule has 2 rings (SSSR count). The highest BCUT2D eigenvalue weighted by Crippen LogP contribution is 2.21. The van der Waals surface area contributed by atoms with Gasteiger partial charge in [0.1, 0.15) is 4.90 Å². The molecule has 0 fully saturated rings. The van der Waals surface area contributed by atoms with Gasteiger partial charge in [0.15, 0.2) is 17.5 Å². The molecule has 0 aliphatic rings. The predicted octanol–water partition coefficient (Wildman–Crippen LogP) is 1.63. The summed E-state index contributed by atoms with van der Waals surface area (Å²) in [6.07, 6.45) is 2.34. The maximum Gasteiger partial charge on any atom is 0.265 e. The lowest BCUT2D eigenvalue weighted by atomic mass is 10.3. The molecule has 0 atom stereocenters. The Morgan fingerprint density at radius 3 is 2.50 bits per heavy atom. The molecular weight excluding hydrogens is 271 g/mol. The molecule has 0 spiro atoms. The van der Waals surface area contributed by atoms with Crippen LogP contribution in [-0.4, -0.2) is 18.6 Å². The normalized spacial score (nSPS) is 11.5. The fraction of sp³-hybridized carbons (Fsp3) is 0. The molecule has 2 aromatic rings. The van der Waals surface area contributed by atoms with Gasteiger partial charge in [-0.15, -0.1) is 0 Å². The number of aromatic nitrogens is 2. The number of hydrogen-bond donors (Lipinski definition) is 2. The molecule has 18 heavy (non-hydrogen) atoms. The van der Waals surface area contributed by atoms with Gasteiger partial charge in [0.25, 0.3) is 10.0 Å². The molecule has 0 radical (unpaired) electrons. The highest BCUT2D eigenvalue weighted by molar-refractivity contribution is 7.92. The van der Waals surface area contributed by atoms with Crippen LogP contribution in [0.3, 0.4) is 0 Å². The van der Waals surface area contributed by atoms with Gasteiger partial charge < -0.3 is 0 Å². The maximum atomic E-state index is 13.3. The standard InChI is InChI=1S/C9H6F3N3O2S/c10-6-1-2-7(9(12)8(6)11)18(16,17)15-5-3-13-14-4-5/h1-4,15H,(H,13,14). The van der Waals surface area contributed by atoms with Gasteiger partial charge in [-0.05, 0) is 12.1 Å². The van der Waals surface area contributed by atoms with E-state index in [0.29, 0.717) is 12.1 Å². The molecule has 5 nitrogen and oxygen atoms in total. The molecule has 1 heterocycles. The van der Waals surface area contributed by atoms with Gasteiger partial charge in [-0.2, -0.15) is 5.10 Å². The van der Waals surface area contributed by atoms with E-state index in [1.165, 1.54) is 6.20 Å². The molecule has 1 aromatic heterocycles. The summed E-state index contributed by atoms with van der Waals surface area (Å²) < 4.78 is 64.3. The van der Waals surface area contributed by atoms with Crippen LogP contribution >= 0.6 is 0 Å². The van der Waals surface area contributed by atoms with Crippen molar-refractivity contribution in [3.05, 3.63) is 42.0 Å². The van der Waals surface area contributed by atoms with Crippen molar-refractivity contribution in [2.24, 2.45) is 0 Å². The molecule has 0 saturated carbocycles. The number of halogens is 3. The van der Waals surface area contributed by atoms with Crippen molar-refractivity contribution in [3.8, 4) is 0 Å². The minimum Gasteiger partial charge on any atom is -0.284 e. The summed E-state index contributed by atoms with van der Waals surface area (Å²) in [4.78, 5) is -0.984. The van der Waals surface area contributed by atoms with Gasteiger partial charge in [0.2, 0.25) is 0 Å². The Bertz CT molecular complexity index is 671. The average molecular weight is 277 g/mol. The first-order valence-corrected chi connectivity index (χ1v) is 6.05. The van der Waals surface area contributed by atoms with Gasteiger partial charge in [-0.25, -0.2) is 21.6 Å². The Balaban J connectivity index is 2.45. The number of nitrogens with one attached hydrogen (secondary N) is 2. The third-order valence-electron chi connectivity index (χ3n) is 2.04. The summed E-state index contributed by atoms with van der Waals surface area (Å²) in [6.45, 7) is 0. The lowest BCUT2D eigenvalue weighted by Crippen LogP contribution is -2.15. The molecule has 0 aliphatic carbocycles. The van der Waals surface area contributed by atoms with E-state index in [1.807, 2.05) is 4.72 Å². The lowest BCUT2D eigenvalue weighted by molar-refractivity contribution is 0.432. The van der Waals surface area contributed by atoms with Crippen LogP contribution in [0.2, 0.25) is 0 Å². The van der Waals surface area contributed by atoms with Crippen molar-refractivity contribution in [3.63, 3.8) is 0 Å². The number of sulfonamides is 1. The van der Waals surface area contributed by atoms with Gasteiger partial charge in [-0.1, -0.05) is 0 Å². The molecule has 0 unspecified atom stereocenters. The summed E-state index contributed by atoms with van der Waals surface area (Å²) in [6, 6.07) is 1.17. The first kappa shape index (κ1) is 12.4. The zero-order valence-electron chi connectivity index (χ0n) is 8.62. The van der Waals surface area contributed by atoms with Crippen molar-refractivity contribution in [1.29, 1.82) is 0 Å². The molecule has 2 N–H and O–H groups in total. The van der Waals surface area contributed by atoms with Gasteiger partial charge in [0, 0.05) is 6.20 Å². The van der Waals surface area contributed by atoms with Crippen LogP contribution < -0.4 is 4.72 Å². The van der Waals surface area contributed by atoms with E-state index in [1.54, 1.807) is 0 Å². The second-order valence-corrected chi connectivity index (χ2v) is 4.92. The summed E-state index contributed by atoms with van der Waals surface area (Å²) in [7, 11) is -4.34. The quantitative estimate of drug-likeness (QED) is 0.837. The van der Waals surface area contributed by atoms with Crippen molar-refractivity contribution in [2.45, 2.75) is 4.90 Å². The van der Waals surface area contributed by atoms with E-state index in [9.17, 15) is 21.6 Å². The van der Waals surface area contributed by atoms with E-state index in [4.69, 9.17) is 0 Å². The molecule has 1 aromatic carbocycles. The van der Waals surface area contributed by atoms with Crippen LogP contribution in [0.5, 0.6) is 0 Å². The molecule has 96 valence electrons. The van der Waals surface area contributed by atoms with Crippen LogP contribution in [0.4, 0.5) is 18.9 Å². The third kappa shape index (κ3) is 2.16. The second-order valence-electron chi connectivity index (χ2n) is 3.27. The fourth-order valence-electron chi connectivity index (χ4n) is 1.23. The van der Waals surface area contributed by atoms with E-state index in [0.717, 1.165) is 6.20 Å². The smallest absolute Gasteiger partial charge is 0.265 e. The highest BCUT2D eigenvalue weighted by atomic mass is 32.2. The van der Waals surface area contributed by atoms with E-state index >= 15 is 0 Å². The number of H-pyrrole nitrogens is 1. The van der Waals surface area contributed by atoms with Crippen molar-refractivity contribution < 1.29 is 21.6 Å². The van der Waals surface area contributed by atoms with Gasteiger partial charge in [-0.3, -0.25) is 9.82 Å². The number of nitrogens with zero attached hydrogens (tertiary/aromatic N) is 1. The summed E-state index contributed by atoms with van der Waals surface area (Å²) in [5, 5.41) is 5.81. The second kappa shape index (κ2) is 4.33. The topological polar surface area (TPSA) is 74.8 Å². The number of hydrogen-bond acceptors (Lipinski definition) is 3. The Morgan fingerprint density at radius 1 is 1.17 bits per heavy atom. The SMILES string of the molecule is O=S(=O)(Nc1cn[nH]c1)c1ccc(F)c(F)c1F. The Kier molecular flexibility index (Phi) is 2.99. The average Bonchev–Trinajstić information content (AvgIpc) is 2.77. The van der Waals surface area contributed by atoms with Crippen LogP contribution in [0.25, 0.3) is 0 Å². The van der Waals surface area contributed by atoms with Crippen LogP contribution in [0.1, 0.15) is 0 Å². The van der Waals surface area contributed by atoms with Crippen molar-refractivity contribution in [1.82, 2.24) is 10.2 Å². The highest BCUT2D eigenvalue weighted by Gasteiger charge is 2.24. The molecule has 0 saturated heterocycles. The minimum absolute atomic E-state index is 0.0409. The first-order valence-electron chi connectivity index (χ1n) is 4.57. The van der Waals surface area contributed by atoms with Gasteiger partial charge in [0.05, 0.1) is 11.9 Å². The maximum absolute atomic E-state index is 13.3. The van der Waals surface area contributed by atoms with E-state index in [2.05, 4.69) is 10.2 Å². The predicted molar refractivity (Wildman–Crippen MR) is 55.7 cm³/mol. The van der Waals surface area contributed by atoms with Crippen molar-refractivity contribution >= 4 is 15.7 Å². The van der Waals surface area contributed by atoms with Crippen molar-refractivity contribution in [2.75, 3.05) is 4.72 Å². The Morgan fingerprint density at radius 2 is 1.89 bits per heavy atom. The monoisotopic (exact) mass is 277 g/mol. The Hall–Kier alpha value is -2.03. The third-order valence-corrected chi connectivity index (χ3v) is 3.44. The number of benzene rings is 1. The fourth-order valence-corrected chi connectivity index (χ4v) is 2.34.